The number of carbonyl (C=O) groups is 1. The summed E-state index contributed by atoms with van der Waals surface area (Å²) in [6.07, 6.45) is 18.3. The molecule has 21 heavy (non-hydrogen) atoms. The highest BCUT2D eigenvalue weighted by molar-refractivity contribution is 5.86. The zero-order chi connectivity index (χ0) is 15.1. The van der Waals surface area contributed by atoms with Gasteiger partial charge in [0.15, 0.2) is 0 Å². The summed E-state index contributed by atoms with van der Waals surface area (Å²) in [6, 6.07) is 0. The second-order valence-electron chi connectivity index (χ2n) is 5.76. The van der Waals surface area contributed by atoms with Crippen LogP contribution in [0.5, 0.6) is 0 Å². The number of hydrogen-bond acceptors (Lipinski definition) is 1. The van der Waals surface area contributed by atoms with Gasteiger partial charge in [0, 0.05) is 5.57 Å². The number of allylic oxidation sites excluding steroid dienone is 1. The first kappa shape index (κ1) is 22.5. The van der Waals surface area contributed by atoms with E-state index in [0.717, 1.165) is 12.8 Å². The molecule has 0 heterocycles. The van der Waals surface area contributed by atoms with Crippen LogP contribution >= 0.6 is 0 Å². The molecule has 2 heteroatoms. The van der Waals surface area contributed by atoms with E-state index in [4.69, 9.17) is 5.11 Å². The van der Waals surface area contributed by atoms with E-state index in [2.05, 4.69) is 6.92 Å². The summed E-state index contributed by atoms with van der Waals surface area (Å²) in [4.78, 5) is 10.8. The Hall–Kier alpha value is -0.790. The zero-order valence-electron chi connectivity index (χ0n) is 13.6. The van der Waals surface area contributed by atoms with Crippen molar-refractivity contribution < 1.29 is 9.90 Å². The fraction of sp³-hybridized carbons (Fsp3) is 0.842. The summed E-state index contributed by atoms with van der Waals surface area (Å²) >= 11 is 0. The molecule has 0 saturated heterocycles. The zero-order valence-corrected chi connectivity index (χ0v) is 13.6. The third-order valence-electron chi connectivity index (χ3n) is 3.92. The first-order valence-corrected chi connectivity index (χ1v) is 8.60. The van der Waals surface area contributed by atoms with Gasteiger partial charge in [0.25, 0.3) is 0 Å². The van der Waals surface area contributed by atoms with Gasteiger partial charge in [-0.25, -0.2) is 4.79 Å². The lowest BCUT2D eigenvalue weighted by Gasteiger charge is -2.03. The molecule has 2 nitrogen and oxygen atoms in total. The Morgan fingerprint density at radius 3 is 1.52 bits per heavy atom. The molecule has 0 rings (SSSR count). The number of aliphatic carboxylic acids is 1. The maximum atomic E-state index is 10.8. The molecule has 0 amide bonds. The molecule has 0 aromatic heterocycles. The summed E-state index contributed by atoms with van der Waals surface area (Å²) in [5, 5.41) is 8.88. The summed E-state index contributed by atoms with van der Waals surface area (Å²) in [5.74, 6) is -0.754. The van der Waals surface area contributed by atoms with Gasteiger partial charge in [0.1, 0.15) is 0 Å². The number of hydrogen-bond donors (Lipinski definition) is 1. The Balaban J connectivity index is 0. The van der Waals surface area contributed by atoms with E-state index in [-0.39, 0.29) is 7.43 Å². The molecule has 0 spiro atoms. The van der Waals surface area contributed by atoms with E-state index >= 15 is 0 Å². The van der Waals surface area contributed by atoms with Crippen molar-refractivity contribution in [2.45, 2.75) is 105 Å². The molecule has 0 aliphatic heterocycles. The Kier molecular flexibility index (Phi) is 18.5. The lowest BCUT2D eigenvalue weighted by molar-refractivity contribution is -0.132. The van der Waals surface area contributed by atoms with E-state index < -0.39 is 5.97 Å². The second-order valence-corrected chi connectivity index (χ2v) is 5.76. The average molecular weight is 299 g/mol. The molecule has 0 aromatic rings. The normalized spacial score (nSPS) is 11.2. The van der Waals surface area contributed by atoms with Crippen LogP contribution in [0.3, 0.4) is 0 Å². The molecule has 0 bridgehead atoms. The fourth-order valence-corrected chi connectivity index (χ4v) is 2.53. The lowest BCUT2D eigenvalue weighted by Crippen LogP contribution is -1.99. The summed E-state index contributed by atoms with van der Waals surface area (Å²) in [5.41, 5.74) is 0.567. The van der Waals surface area contributed by atoms with Crippen LogP contribution in [0.2, 0.25) is 0 Å². The van der Waals surface area contributed by atoms with E-state index in [1.165, 1.54) is 70.6 Å². The fourth-order valence-electron chi connectivity index (χ4n) is 2.53. The monoisotopic (exact) mass is 298 g/mol. The van der Waals surface area contributed by atoms with Crippen molar-refractivity contribution in [2.24, 2.45) is 0 Å². The Morgan fingerprint density at radius 2 is 1.19 bits per heavy atom. The van der Waals surface area contributed by atoms with Crippen molar-refractivity contribution in [2.75, 3.05) is 0 Å². The van der Waals surface area contributed by atoms with Crippen LogP contribution in [0.25, 0.3) is 0 Å². The molecule has 0 radical (unpaired) electrons. The van der Waals surface area contributed by atoms with E-state index in [9.17, 15) is 4.79 Å². The lowest BCUT2D eigenvalue weighted by atomic mass is 10.0. The van der Waals surface area contributed by atoms with Gasteiger partial charge in [-0.15, -0.1) is 0 Å². The molecule has 0 saturated carbocycles. The van der Waals surface area contributed by atoms with Gasteiger partial charge in [-0.1, -0.05) is 91.1 Å². The van der Waals surface area contributed by atoms with Crippen LogP contribution < -0.4 is 0 Å². The third kappa shape index (κ3) is 15.4. The number of unbranched alkanes of at least 4 members (excludes halogenated alkanes) is 11. The Bertz CT molecular complexity index is 256. The molecule has 0 aliphatic carbocycles. The molecule has 126 valence electrons. The highest BCUT2D eigenvalue weighted by Gasteiger charge is 2.04. The van der Waals surface area contributed by atoms with Gasteiger partial charge >= 0.3 is 5.97 Å². The van der Waals surface area contributed by atoms with Crippen molar-refractivity contribution in [3.63, 3.8) is 0 Å². The van der Waals surface area contributed by atoms with Gasteiger partial charge < -0.3 is 5.11 Å². The first-order valence-electron chi connectivity index (χ1n) is 8.60. The molecule has 0 aliphatic rings. The van der Waals surface area contributed by atoms with Crippen molar-refractivity contribution in [1.29, 1.82) is 0 Å². The van der Waals surface area contributed by atoms with Gasteiger partial charge in [0.05, 0.1) is 0 Å². The first-order chi connectivity index (χ1) is 9.72. The average Bonchev–Trinajstić information content (AvgIpc) is 2.43. The summed E-state index contributed by atoms with van der Waals surface area (Å²) in [6.45, 7) is 4.07. The minimum atomic E-state index is -0.754. The largest absolute Gasteiger partial charge is 0.478 e. The van der Waals surface area contributed by atoms with Crippen LogP contribution in [0.1, 0.15) is 105 Å². The standard InChI is InChI=1S/C18H34O2.CH4/c1-3-5-6-7-8-9-10-11-12-13-14-15-16-17(4-2)18(19)20;/h4H,3,5-16H2,1-2H3,(H,19,20);1H4. The van der Waals surface area contributed by atoms with Crippen LogP contribution in [-0.4, -0.2) is 11.1 Å². The van der Waals surface area contributed by atoms with Crippen LogP contribution in [0.15, 0.2) is 11.6 Å². The molecular formula is C19H38O2. The maximum Gasteiger partial charge on any atom is 0.331 e. The predicted molar refractivity (Wildman–Crippen MR) is 93.8 cm³/mol. The minimum absolute atomic E-state index is 0. The highest BCUT2D eigenvalue weighted by atomic mass is 16.4. The third-order valence-corrected chi connectivity index (χ3v) is 3.92. The maximum absolute atomic E-state index is 10.8. The summed E-state index contributed by atoms with van der Waals surface area (Å²) < 4.78 is 0. The van der Waals surface area contributed by atoms with Crippen LogP contribution in [-0.2, 0) is 4.79 Å². The molecule has 0 aromatic carbocycles. The number of rotatable bonds is 14. The van der Waals surface area contributed by atoms with E-state index in [0.29, 0.717) is 5.57 Å². The number of carboxylic acids is 1. The van der Waals surface area contributed by atoms with Crippen LogP contribution in [0, 0.1) is 0 Å². The molecule has 1 N–H and O–H groups in total. The van der Waals surface area contributed by atoms with Gasteiger partial charge in [0.2, 0.25) is 0 Å². The predicted octanol–water partition coefficient (Wildman–Crippen LogP) is 6.74. The van der Waals surface area contributed by atoms with Crippen molar-refractivity contribution in [3.8, 4) is 0 Å². The SMILES string of the molecule is C.CC=C(CCCCCCCCCCCCCC)C(=O)O. The molecule has 0 fully saturated rings. The van der Waals surface area contributed by atoms with Gasteiger partial charge in [-0.2, -0.15) is 0 Å². The van der Waals surface area contributed by atoms with E-state index in [1.807, 2.05) is 6.92 Å². The van der Waals surface area contributed by atoms with Crippen molar-refractivity contribution in [3.05, 3.63) is 11.6 Å². The molecule has 0 unspecified atom stereocenters. The second kappa shape index (κ2) is 17.3. The molecule has 0 atom stereocenters. The van der Waals surface area contributed by atoms with Crippen molar-refractivity contribution in [1.82, 2.24) is 0 Å². The minimum Gasteiger partial charge on any atom is -0.478 e. The quantitative estimate of drug-likeness (QED) is 0.284. The van der Waals surface area contributed by atoms with Gasteiger partial charge in [-0.3, -0.25) is 0 Å². The number of carboxylic acid groups (broad SMARTS) is 1. The highest BCUT2D eigenvalue weighted by Crippen LogP contribution is 2.14. The van der Waals surface area contributed by atoms with E-state index in [1.54, 1.807) is 6.08 Å². The van der Waals surface area contributed by atoms with Gasteiger partial charge in [-0.05, 0) is 19.8 Å². The Labute approximate surface area is 133 Å². The smallest absolute Gasteiger partial charge is 0.331 e. The molecular weight excluding hydrogens is 260 g/mol. The van der Waals surface area contributed by atoms with Crippen molar-refractivity contribution >= 4 is 5.97 Å². The topological polar surface area (TPSA) is 37.3 Å². The Morgan fingerprint density at radius 1 is 0.810 bits per heavy atom. The van der Waals surface area contributed by atoms with Crippen LogP contribution in [0.4, 0.5) is 0 Å². The summed E-state index contributed by atoms with van der Waals surface area (Å²) in [7, 11) is 0.